The maximum absolute atomic E-state index is 13.2. The van der Waals surface area contributed by atoms with Crippen molar-refractivity contribution in [3.05, 3.63) is 28.5 Å². The molecule has 0 saturated carbocycles. The van der Waals surface area contributed by atoms with Gasteiger partial charge in [0.1, 0.15) is 15.4 Å². The Morgan fingerprint density at radius 2 is 2.12 bits per heavy atom. The number of hydrogen-bond donors (Lipinski definition) is 2. The Bertz CT molecular complexity index is 947. The van der Waals surface area contributed by atoms with E-state index in [1.54, 1.807) is 17.8 Å². The molecular weight excluding hydrogens is 336 g/mol. The lowest BCUT2D eigenvalue weighted by Gasteiger charge is -2.07. The summed E-state index contributed by atoms with van der Waals surface area (Å²) >= 11 is 0.920. The molecule has 6 nitrogen and oxygen atoms in total. The molecule has 3 aromatic rings. The van der Waals surface area contributed by atoms with Crippen LogP contribution in [-0.4, -0.2) is 20.7 Å². The van der Waals surface area contributed by atoms with Crippen LogP contribution in [0.3, 0.4) is 0 Å². The van der Waals surface area contributed by atoms with E-state index < -0.39 is 12.3 Å². The maximum Gasteiger partial charge on any atom is 0.280 e. The van der Waals surface area contributed by atoms with Gasteiger partial charge < -0.3 is 11.5 Å². The van der Waals surface area contributed by atoms with Crippen LogP contribution < -0.4 is 11.5 Å². The fraction of sp³-hybridized carbons (Fsp3) is 0.267. The van der Waals surface area contributed by atoms with Crippen LogP contribution in [0.4, 0.5) is 14.5 Å². The largest absolute Gasteiger partial charge is 0.397 e. The maximum atomic E-state index is 13.2. The predicted octanol–water partition coefficient (Wildman–Crippen LogP) is 3.11. The zero-order valence-electron chi connectivity index (χ0n) is 13.0. The van der Waals surface area contributed by atoms with E-state index in [1.165, 1.54) is 6.07 Å². The lowest BCUT2D eigenvalue weighted by Crippen LogP contribution is -2.10. The Hall–Kier alpha value is -2.55. The second-order valence-corrected chi connectivity index (χ2v) is 6.27. The number of alkyl halides is 2. The normalized spacial score (nSPS) is 11.5. The molecule has 3 heterocycles. The molecule has 1 amide bonds. The molecule has 0 unspecified atom stereocenters. The Balaban J connectivity index is 2.39. The van der Waals surface area contributed by atoms with Crippen LogP contribution in [0, 0.1) is 6.92 Å². The van der Waals surface area contributed by atoms with Crippen molar-refractivity contribution in [1.82, 2.24) is 14.8 Å². The van der Waals surface area contributed by atoms with Crippen molar-refractivity contribution >= 4 is 33.1 Å². The minimum absolute atomic E-state index is 0.116. The van der Waals surface area contributed by atoms with Gasteiger partial charge in [-0.05, 0) is 25.5 Å². The summed E-state index contributed by atoms with van der Waals surface area (Å²) in [5.74, 6) is -0.707. The zero-order chi connectivity index (χ0) is 17.6. The molecule has 0 aliphatic heterocycles. The van der Waals surface area contributed by atoms with Crippen molar-refractivity contribution in [2.45, 2.75) is 26.8 Å². The van der Waals surface area contributed by atoms with Crippen molar-refractivity contribution in [3.63, 3.8) is 0 Å². The number of aryl methyl sites for hydroxylation is 2. The third kappa shape index (κ3) is 2.50. The van der Waals surface area contributed by atoms with Crippen LogP contribution in [0.5, 0.6) is 0 Å². The van der Waals surface area contributed by atoms with Gasteiger partial charge in [0.05, 0.1) is 11.4 Å². The second kappa shape index (κ2) is 5.82. The van der Waals surface area contributed by atoms with Gasteiger partial charge in [-0.15, -0.1) is 11.3 Å². The third-order valence-corrected chi connectivity index (χ3v) is 4.84. The number of nitrogen functional groups attached to an aromatic ring is 1. The van der Waals surface area contributed by atoms with Crippen LogP contribution in [0.15, 0.2) is 12.3 Å². The molecule has 0 aliphatic carbocycles. The standard InChI is InChI=1S/C15H15F2N5OS/c1-3-22-5-8(6(2)21-22)7-4-9(13(16)17)20-15-10(7)11(18)12(24-15)14(19)23/h4-5,13H,3,18H2,1-2H3,(H2,19,23). The third-order valence-electron chi connectivity index (χ3n) is 3.73. The molecule has 4 N–H and O–H groups in total. The van der Waals surface area contributed by atoms with Crippen LogP contribution in [-0.2, 0) is 6.54 Å². The topological polar surface area (TPSA) is 99.8 Å². The number of hydrogen-bond acceptors (Lipinski definition) is 5. The summed E-state index contributed by atoms with van der Waals surface area (Å²) in [6.07, 6.45) is -0.976. The van der Waals surface area contributed by atoms with Gasteiger partial charge in [0.15, 0.2) is 0 Å². The number of aromatic nitrogens is 3. The van der Waals surface area contributed by atoms with Gasteiger partial charge in [-0.25, -0.2) is 13.8 Å². The minimum Gasteiger partial charge on any atom is -0.397 e. The molecular formula is C15H15F2N5OS. The first kappa shape index (κ1) is 16.3. The van der Waals surface area contributed by atoms with E-state index >= 15 is 0 Å². The van der Waals surface area contributed by atoms with Gasteiger partial charge >= 0.3 is 0 Å². The van der Waals surface area contributed by atoms with Crippen molar-refractivity contribution in [2.24, 2.45) is 5.73 Å². The Morgan fingerprint density at radius 3 is 2.67 bits per heavy atom. The summed E-state index contributed by atoms with van der Waals surface area (Å²) in [7, 11) is 0. The van der Waals surface area contributed by atoms with E-state index in [2.05, 4.69) is 10.1 Å². The SMILES string of the molecule is CCn1cc(-c2cc(C(F)F)nc3sc(C(N)=O)c(N)c23)c(C)n1. The number of carbonyl (C=O) groups excluding carboxylic acids is 1. The van der Waals surface area contributed by atoms with Crippen molar-refractivity contribution in [3.8, 4) is 11.1 Å². The molecule has 9 heteroatoms. The second-order valence-electron chi connectivity index (χ2n) is 5.27. The molecule has 3 rings (SSSR count). The fourth-order valence-corrected chi connectivity index (χ4v) is 3.57. The van der Waals surface area contributed by atoms with Crippen LogP contribution in [0.2, 0.25) is 0 Å². The number of nitrogens with two attached hydrogens (primary N) is 2. The Morgan fingerprint density at radius 1 is 1.42 bits per heavy atom. The molecule has 24 heavy (non-hydrogen) atoms. The molecule has 0 aromatic carbocycles. The van der Waals surface area contributed by atoms with Gasteiger partial charge in [0.2, 0.25) is 0 Å². The number of nitrogens with zero attached hydrogens (tertiary/aromatic N) is 3. The van der Waals surface area contributed by atoms with Crippen molar-refractivity contribution in [1.29, 1.82) is 0 Å². The molecule has 0 aliphatic rings. The molecule has 126 valence electrons. The number of anilines is 1. The smallest absolute Gasteiger partial charge is 0.280 e. The number of amides is 1. The monoisotopic (exact) mass is 351 g/mol. The zero-order valence-corrected chi connectivity index (χ0v) is 13.8. The summed E-state index contributed by atoms with van der Waals surface area (Å²) < 4.78 is 28.2. The van der Waals surface area contributed by atoms with E-state index in [-0.39, 0.29) is 21.1 Å². The molecule has 0 atom stereocenters. The predicted molar refractivity (Wildman–Crippen MR) is 89.1 cm³/mol. The number of rotatable bonds is 4. The molecule has 0 bridgehead atoms. The van der Waals surface area contributed by atoms with E-state index in [1.807, 2.05) is 6.92 Å². The molecule has 3 aromatic heterocycles. The van der Waals surface area contributed by atoms with E-state index in [0.717, 1.165) is 11.3 Å². The first-order valence-electron chi connectivity index (χ1n) is 7.18. The summed E-state index contributed by atoms with van der Waals surface area (Å²) in [5, 5.41) is 4.79. The first-order chi connectivity index (χ1) is 11.3. The lowest BCUT2D eigenvalue weighted by molar-refractivity contribution is 0.100. The van der Waals surface area contributed by atoms with Gasteiger partial charge in [0.25, 0.3) is 12.3 Å². The van der Waals surface area contributed by atoms with Gasteiger partial charge in [-0.1, -0.05) is 0 Å². The van der Waals surface area contributed by atoms with Gasteiger partial charge in [-0.3, -0.25) is 9.48 Å². The quantitative estimate of drug-likeness (QED) is 0.754. The van der Waals surface area contributed by atoms with Crippen LogP contribution in [0.25, 0.3) is 21.3 Å². The minimum atomic E-state index is -2.74. The van der Waals surface area contributed by atoms with E-state index in [4.69, 9.17) is 11.5 Å². The molecule has 0 fully saturated rings. The number of fused-ring (bicyclic) bond motifs is 1. The highest BCUT2D eigenvalue weighted by Gasteiger charge is 2.23. The van der Waals surface area contributed by atoms with Gasteiger partial charge in [0, 0.05) is 23.7 Å². The summed E-state index contributed by atoms with van der Waals surface area (Å²) in [4.78, 5) is 15.8. The first-order valence-corrected chi connectivity index (χ1v) is 8.00. The number of thiophene rings is 1. The van der Waals surface area contributed by atoms with E-state index in [0.29, 0.717) is 28.8 Å². The molecule has 0 radical (unpaired) electrons. The van der Waals surface area contributed by atoms with Crippen molar-refractivity contribution < 1.29 is 13.6 Å². The average Bonchev–Trinajstić information content (AvgIpc) is 3.07. The molecule has 0 spiro atoms. The highest BCUT2D eigenvalue weighted by Crippen LogP contribution is 2.41. The Kier molecular flexibility index (Phi) is 3.96. The van der Waals surface area contributed by atoms with E-state index in [9.17, 15) is 13.6 Å². The highest BCUT2D eigenvalue weighted by molar-refractivity contribution is 7.21. The lowest BCUT2D eigenvalue weighted by atomic mass is 10.0. The number of primary amides is 1. The van der Waals surface area contributed by atoms with Crippen molar-refractivity contribution in [2.75, 3.05) is 5.73 Å². The van der Waals surface area contributed by atoms with Gasteiger partial charge in [-0.2, -0.15) is 5.10 Å². The summed E-state index contributed by atoms with van der Waals surface area (Å²) in [6.45, 7) is 4.35. The highest BCUT2D eigenvalue weighted by atomic mass is 32.1. The van der Waals surface area contributed by atoms with Crippen LogP contribution in [0.1, 0.15) is 34.4 Å². The number of carbonyl (C=O) groups is 1. The summed E-state index contributed by atoms with van der Waals surface area (Å²) in [6, 6.07) is 1.30. The molecule has 0 saturated heterocycles. The van der Waals surface area contributed by atoms with Crippen LogP contribution >= 0.6 is 11.3 Å². The Labute approximate surface area is 140 Å². The fourth-order valence-electron chi connectivity index (χ4n) is 2.59. The number of pyridine rings is 1. The summed E-state index contributed by atoms with van der Waals surface area (Å²) in [5.41, 5.74) is 13.0. The number of halogens is 2. The average molecular weight is 351 g/mol.